The zero-order valence-electron chi connectivity index (χ0n) is 20.9. The summed E-state index contributed by atoms with van der Waals surface area (Å²) in [5.41, 5.74) is 1.78. The molecule has 0 radical (unpaired) electrons. The highest BCUT2D eigenvalue weighted by molar-refractivity contribution is 7.76. The van der Waals surface area contributed by atoms with Crippen LogP contribution in [-0.4, -0.2) is 48.6 Å². The molecular weight excluding hydrogens is 518 g/mol. The fourth-order valence-electron chi connectivity index (χ4n) is 4.28. The quantitative estimate of drug-likeness (QED) is 0.327. The minimum Gasteiger partial charge on any atom is -0.760 e. The molecule has 0 aliphatic heterocycles. The van der Waals surface area contributed by atoms with Crippen molar-refractivity contribution in [3.63, 3.8) is 0 Å². The van der Waals surface area contributed by atoms with Gasteiger partial charge in [-0.2, -0.15) is 0 Å². The SMILES string of the molecule is CNC(=O)c1c(-c2ccc(Cl)cc2)oc2nc(CN(CCCC(C)(C)C(=O)O)S(=O)[O-])c(C3CC3)cc12. The molecule has 11 heteroatoms. The Bertz CT molecular complexity index is 1350. The Morgan fingerprint density at radius 1 is 1.30 bits per heavy atom. The molecule has 1 atom stereocenters. The van der Waals surface area contributed by atoms with Crippen LogP contribution in [0.25, 0.3) is 22.4 Å². The number of nitrogens with zero attached hydrogens (tertiary/aromatic N) is 2. The molecular formula is C26H29ClN3O6S-. The van der Waals surface area contributed by atoms with E-state index in [0.717, 1.165) is 18.4 Å². The van der Waals surface area contributed by atoms with Crippen molar-refractivity contribution in [3.8, 4) is 11.3 Å². The topological polar surface area (TPSA) is 136 Å². The van der Waals surface area contributed by atoms with Gasteiger partial charge in [-0.3, -0.25) is 13.8 Å². The first-order valence-electron chi connectivity index (χ1n) is 12.0. The number of nitrogens with one attached hydrogen (secondary N) is 1. The van der Waals surface area contributed by atoms with Crippen LogP contribution in [0.4, 0.5) is 0 Å². The highest BCUT2D eigenvalue weighted by Gasteiger charge is 2.31. The monoisotopic (exact) mass is 546 g/mol. The van der Waals surface area contributed by atoms with Crippen LogP contribution in [0.15, 0.2) is 34.7 Å². The second-order valence-electron chi connectivity index (χ2n) is 9.92. The summed E-state index contributed by atoms with van der Waals surface area (Å²) in [5.74, 6) is -0.654. The van der Waals surface area contributed by atoms with Crippen LogP contribution in [0.1, 0.15) is 67.1 Å². The maximum atomic E-state index is 12.9. The van der Waals surface area contributed by atoms with E-state index >= 15 is 0 Å². The van der Waals surface area contributed by atoms with Crippen molar-refractivity contribution in [2.75, 3.05) is 13.6 Å². The Labute approximate surface area is 222 Å². The highest BCUT2D eigenvalue weighted by Crippen LogP contribution is 2.44. The summed E-state index contributed by atoms with van der Waals surface area (Å²) in [5, 5.41) is 13.1. The molecule has 2 N–H and O–H groups in total. The number of carboxylic acids is 1. The number of rotatable bonds is 11. The fraction of sp³-hybridized carbons (Fsp3) is 0.423. The van der Waals surface area contributed by atoms with E-state index in [1.54, 1.807) is 45.2 Å². The molecule has 1 aromatic carbocycles. The maximum absolute atomic E-state index is 12.9. The molecule has 1 saturated carbocycles. The van der Waals surface area contributed by atoms with Crippen LogP contribution < -0.4 is 5.32 Å². The first-order chi connectivity index (χ1) is 17.5. The van der Waals surface area contributed by atoms with Crippen molar-refractivity contribution < 1.29 is 27.9 Å². The summed E-state index contributed by atoms with van der Waals surface area (Å²) in [4.78, 5) is 29.0. The number of aromatic nitrogens is 1. The van der Waals surface area contributed by atoms with Crippen LogP contribution in [0.3, 0.4) is 0 Å². The molecule has 0 spiro atoms. The smallest absolute Gasteiger partial charge is 0.309 e. The number of amides is 1. The van der Waals surface area contributed by atoms with Crippen molar-refractivity contribution in [1.29, 1.82) is 0 Å². The number of benzene rings is 1. The minimum atomic E-state index is -2.53. The van der Waals surface area contributed by atoms with Gasteiger partial charge in [-0.1, -0.05) is 11.6 Å². The van der Waals surface area contributed by atoms with E-state index in [-0.39, 0.29) is 30.6 Å². The summed E-state index contributed by atoms with van der Waals surface area (Å²) < 4.78 is 31.4. The molecule has 198 valence electrons. The summed E-state index contributed by atoms with van der Waals surface area (Å²) in [6.07, 6.45) is 2.61. The van der Waals surface area contributed by atoms with Gasteiger partial charge in [0.2, 0.25) is 5.71 Å². The molecule has 2 aromatic heterocycles. The Kier molecular flexibility index (Phi) is 8.03. The number of pyridine rings is 1. The summed E-state index contributed by atoms with van der Waals surface area (Å²) in [6, 6.07) is 8.83. The Morgan fingerprint density at radius 2 is 1.97 bits per heavy atom. The van der Waals surface area contributed by atoms with Crippen molar-refractivity contribution in [2.24, 2.45) is 5.41 Å². The Morgan fingerprint density at radius 3 is 2.54 bits per heavy atom. The molecule has 0 bridgehead atoms. The van der Waals surface area contributed by atoms with E-state index in [1.165, 1.54) is 4.31 Å². The standard InChI is InChI=1S/C26H30ClN3O6S/c1-26(2,25(32)33)11-4-12-30(37(34)35)14-20-18(15-5-6-15)13-19-21(23(31)28-3)22(36-24(19)29-20)16-7-9-17(27)10-8-16/h7-10,13,15H,4-6,11-12,14H2,1-3H3,(H,28,31)(H,32,33)(H,34,35)/p-1. The number of halogens is 1. The molecule has 1 unspecified atom stereocenters. The predicted octanol–water partition coefficient (Wildman–Crippen LogP) is 4.87. The van der Waals surface area contributed by atoms with Gasteiger partial charge in [0.25, 0.3) is 5.91 Å². The molecule has 37 heavy (non-hydrogen) atoms. The van der Waals surface area contributed by atoms with Gasteiger partial charge in [-0.15, -0.1) is 0 Å². The zero-order valence-corrected chi connectivity index (χ0v) is 22.4. The molecule has 1 aliphatic rings. The van der Waals surface area contributed by atoms with Gasteiger partial charge in [0.1, 0.15) is 5.76 Å². The molecule has 9 nitrogen and oxygen atoms in total. The molecule has 1 fully saturated rings. The third kappa shape index (κ3) is 6.04. The van der Waals surface area contributed by atoms with E-state index in [4.69, 9.17) is 21.0 Å². The first-order valence-corrected chi connectivity index (χ1v) is 13.4. The van der Waals surface area contributed by atoms with Gasteiger partial charge in [0.05, 0.1) is 28.6 Å². The van der Waals surface area contributed by atoms with Crippen molar-refractivity contribution in [1.82, 2.24) is 14.6 Å². The van der Waals surface area contributed by atoms with Gasteiger partial charge in [0.15, 0.2) is 0 Å². The lowest BCUT2D eigenvalue weighted by Gasteiger charge is -2.26. The lowest BCUT2D eigenvalue weighted by atomic mass is 9.88. The Hall–Kier alpha value is -2.79. The van der Waals surface area contributed by atoms with E-state index in [2.05, 4.69) is 5.32 Å². The van der Waals surface area contributed by atoms with Crippen LogP contribution >= 0.6 is 11.6 Å². The second kappa shape index (κ2) is 10.9. The van der Waals surface area contributed by atoms with E-state index in [1.807, 2.05) is 6.07 Å². The van der Waals surface area contributed by atoms with Gasteiger partial charge in [0, 0.05) is 35.4 Å². The number of hydrogen-bond acceptors (Lipinski definition) is 6. The lowest BCUT2D eigenvalue weighted by molar-refractivity contribution is -0.147. The number of hydrogen-bond donors (Lipinski definition) is 2. The summed E-state index contributed by atoms with van der Waals surface area (Å²) >= 11 is 3.51. The van der Waals surface area contributed by atoms with Crippen LogP contribution in [-0.2, 0) is 22.6 Å². The number of carboxylic acid groups (broad SMARTS) is 1. The van der Waals surface area contributed by atoms with Gasteiger partial charge in [-0.25, -0.2) is 9.29 Å². The third-order valence-electron chi connectivity index (χ3n) is 6.70. The summed E-state index contributed by atoms with van der Waals surface area (Å²) in [7, 11) is 1.55. The summed E-state index contributed by atoms with van der Waals surface area (Å²) in [6.45, 7) is 3.42. The van der Waals surface area contributed by atoms with E-state index < -0.39 is 22.7 Å². The fourth-order valence-corrected chi connectivity index (χ4v) is 4.91. The van der Waals surface area contributed by atoms with Gasteiger partial charge < -0.3 is 19.4 Å². The largest absolute Gasteiger partial charge is 0.760 e. The number of aliphatic carboxylic acids is 1. The average Bonchev–Trinajstić information content (AvgIpc) is 3.63. The highest BCUT2D eigenvalue weighted by atomic mass is 35.5. The normalized spacial score (nSPS) is 14.8. The van der Waals surface area contributed by atoms with Gasteiger partial charge >= 0.3 is 5.97 Å². The molecule has 4 rings (SSSR count). The van der Waals surface area contributed by atoms with Crippen molar-refractivity contribution in [3.05, 3.63) is 52.2 Å². The second-order valence-corrected chi connectivity index (χ2v) is 11.3. The van der Waals surface area contributed by atoms with Crippen molar-refractivity contribution >= 4 is 45.8 Å². The van der Waals surface area contributed by atoms with Crippen LogP contribution in [0.2, 0.25) is 5.02 Å². The minimum absolute atomic E-state index is 0.0255. The molecule has 3 aromatic rings. The predicted molar refractivity (Wildman–Crippen MR) is 140 cm³/mol. The molecule has 1 aliphatic carbocycles. The number of carbonyl (C=O) groups excluding carboxylic acids is 1. The number of carbonyl (C=O) groups is 2. The van der Waals surface area contributed by atoms with Crippen LogP contribution in [0.5, 0.6) is 0 Å². The average molecular weight is 547 g/mol. The van der Waals surface area contributed by atoms with Crippen molar-refractivity contribution in [2.45, 2.75) is 52.0 Å². The Balaban J connectivity index is 1.71. The molecule has 0 saturated heterocycles. The maximum Gasteiger partial charge on any atom is 0.309 e. The van der Waals surface area contributed by atoms with E-state index in [9.17, 15) is 23.5 Å². The van der Waals surface area contributed by atoms with Crippen LogP contribution in [0, 0.1) is 5.41 Å². The number of fused-ring (bicyclic) bond motifs is 1. The first kappa shape index (κ1) is 27.3. The zero-order chi connectivity index (χ0) is 26.9. The molecule has 1 amide bonds. The third-order valence-corrected chi connectivity index (χ3v) is 7.68. The molecule has 2 heterocycles. The lowest BCUT2D eigenvalue weighted by Crippen LogP contribution is -2.30. The van der Waals surface area contributed by atoms with Gasteiger partial charge in [-0.05, 0) is 81.3 Å². The van der Waals surface area contributed by atoms with E-state index in [0.29, 0.717) is 45.8 Å². The number of furan rings is 1.